The predicted octanol–water partition coefficient (Wildman–Crippen LogP) is 3.56. The van der Waals surface area contributed by atoms with Crippen molar-refractivity contribution in [3.05, 3.63) is 108 Å². The second kappa shape index (κ2) is 13.7. The van der Waals surface area contributed by atoms with Gasteiger partial charge in [-0.1, -0.05) is 54.6 Å². The molecule has 0 bridgehead atoms. The summed E-state index contributed by atoms with van der Waals surface area (Å²) in [6, 6.07) is 20.0. The second-order valence-corrected chi connectivity index (χ2v) is 11.8. The molecule has 2 aromatic heterocycles. The van der Waals surface area contributed by atoms with Crippen LogP contribution in [0.5, 0.6) is 0 Å². The zero-order valence-electron chi connectivity index (χ0n) is 24.6. The highest BCUT2D eigenvalue weighted by Crippen LogP contribution is 2.27. The van der Waals surface area contributed by atoms with Crippen molar-refractivity contribution in [1.29, 1.82) is 0 Å². The molecule has 0 radical (unpaired) electrons. The summed E-state index contributed by atoms with van der Waals surface area (Å²) < 4.78 is 1.03. The Balaban J connectivity index is 1.32. The Labute approximate surface area is 264 Å². The van der Waals surface area contributed by atoms with Gasteiger partial charge in [-0.25, -0.2) is 9.78 Å². The fourth-order valence-corrected chi connectivity index (χ4v) is 6.42. The highest BCUT2D eigenvalue weighted by molar-refractivity contribution is 7.16. The van der Waals surface area contributed by atoms with E-state index >= 15 is 0 Å². The summed E-state index contributed by atoms with van der Waals surface area (Å²) in [7, 11) is 0. The Morgan fingerprint density at radius 2 is 1.96 bits per heavy atom. The number of carbonyl (C=O) groups is 3. The maximum absolute atomic E-state index is 14.3. The maximum Gasteiger partial charge on any atom is 0.316 e. The Kier molecular flexibility index (Phi) is 9.13. The SMILES string of the molecule is C=CCNCC(=O)N1[C@@H](NC(=O)NCc2ccccc2)CN(Cc2cccc3scnc23)C(=O)[C@@H]1Cc1ccc2[nH]ncc2c1. The zero-order chi connectivity index (χ0) is 31.2. The monoisotopic (exact) mass is 622 g/mol. The Hall–Kier alpha value is -5.07. The lowest BCUT2D eigenvalue weighted by Gasteiger charge is -2.46. The normalized spacial score (nSPS) is 16.7. The molecule has 11 nitrogen and oxygen atoms in total. The van der Waals surface area contributed by atoms with Gasteiger partial charge in [0.15, 0.2) is 0 Å². The van der Waals surface area contributed by atoms with Crippen LogP contribution in [-0.2, 0) is 29.1 Å². The van der Waals surface area contributed by atoms with Crippen molar-refractivity contribution < 1.29 is 14.4 Å². The summed E-state index contributed by atoms with van der Waals surface area (Å²) in [5.41, 5.74) is 6.23. The van der Waals surface area contributed by atoms with Gasteiger partial charge >= 0.3 is 6.03 Å². The van der Waals surface area contributed by atoms with Gasteiger partial charge in [-0.05, 0) is 34.9 Å². The number of carbonyl (C=O) groups excluding carboxylic acids is 3. The molecule has 5 aromatic rings. The first-order valence-corrected chi connectivity index (χ1v) is 15.6. The maximum atomic E-state index is 14.3. The summed E-state index contributed by atoms with van der Waals surface area (Å²) in [5, 5.41) is 16.9. The number of para-hydroxylation sites is 1. The summed E-state index contributed by atoms with van der Waals surface area (Å²) in [5.74, 6) is -0.497. The molecule has 4 N–H and O–H groups in total. The number of nitrogens with one attached hydrogen (secondary N) is 4. The van der Waals surface area contributed by atoms with E-state index < -0.39 is 18.2 Å². The molecule has 45 heavy (non-hydrogen) atoms. The van der Waals surface area contributed by atoms with Crippen LogP contribution < -0.4 is 16.0 Å². The lowest BCUT2D eigenvalue weighted by Crippen LogP contribution is -2.69. The average Bonchev–Trinajstić information content (AvgIpc) is 3.73. The molecule has 1 saturated heterocycles. The quantitative estimate of drug-likeness (QED) is 0.132. The third-order valence-electron chi connectivity index (χ3n) is 7.85. The largest absolute Gasteiger partial charge is 0.334 e. The molecule has 0 spiro atoms. The van der Waals surface area contributed by atoms with Gasteiger partial charge in [0.2, 0.25) is 11.8 Å². The van der Waals surface area contributed by atoms with Crippen LogP contribution in [-0.4, -0.2) is 74.7 Å². The lowest BCUT2D eigenvalue weighted by molar-refractivity contribution is -0.156. The summed E-state index contributed by atoms with van der Waals surface area (Å²) >= 11 is 1.54. The van der Waals surface area contributed by atoms with Crippen molar-refractivity contribution in [3.8, 4) is 0 Å². The van der Waals surface area contributed by atoms with E-state index in [1.165, 1.54) is 4.90 Å². The Bertz CT molecular complexity index is 1820. The molecule has 1 aliphatic rings. The van der Waals surface area contributed by atoms with Gasteiger partial charge in [0.05, 0.1) is 40.5 Å². The van der Waals surface area contributed by atoms with Crippen LogP contribution in [0.15, 0.2) is 91.1 Å². The smallest absolute Gasteiger partial charge is 0.316 e. The van der Waals surface area contributed by atoms with E-state index in [4.69, 9.17) is 0 Å². The number of aromatic amines is 1. The van der Waals surface area contributed by atoms with Gasteiger partial charge in [-0.3, -0.25) is 14.7 Å². The van der Waals surface area contributed by atoms with Gasteiger partial charge < -0.3 is 25.8 Å². The third kappa shape index (κ3) is 6.87. The fourth-order valence-electron chi connectivity index (χ4n) is 5.70. The van der Waals surface area contributed by atoms with Crippen molar-refractivity contribution in [2.45, 2.75) is 31.7 Å². The van der Waals surface area contributed by atoms with Crippen LogP contribution in [0.25, 0.3) is 21.1 Å². The molecule has 230 valence electrons. The number of H-pyrrole nitrogens is 1. The van der Waals surface area contributed by atoms with Crippen molar-refractivity contribution in [2.75, 3.05) is 19.6 Å². The van der Waals surface area contributed by atoms with E-state index in [0.717, 1.165) is 37.8 Å². The van der Waals surface area contributed by atoms with Crippen LogP contribution >= 0.6 is 11.3 Å². The van der Waals surface area contributed by atoms with E-state index in [0.29, 0.717) is 13.1 Å². The molecule has 12 heteroatoms. The van der Waals surface area contributed by atoms with Crippen molar-refractivity contribution in [2.24, 2.45) is 0 Å². The molecule has 0 unspecified atom stereocenters. The highest BCUT2D eigenvalue weighted by Gasteiger charge is 2.43. The lowest BCUT2D eigenvalue weighted by atomic mass is 9.98. The van der Waals surface area contributed by atoms with Crippen molar-refractivity contribution in [1.82, 2.24) is 40.9 Å². The molecule has 3 aromatic carbocycles. The molecule has 3 heterocycles. The van der Waals surface area contributed by atoms with Crippen molar-refractivity contribution >= 4 is 50.3 Å². The van der Waals surface area contributed by atoms with Gasteiger partial charge in [0.1, 0.15) is 12.2 Å². The number of urea groups is 1. The molecule has 1 fully saturated rings. The minimum atomic E-state index is -0.866. The number of hydrogen-bond donors (Lipinski definition) is 4. The molecule has 4 amide bonds. The number of fused-ring (bicyclic) bond motifs is 2. The molecule has 2 atom stereocenters. The predicted molar refractivity (Wildman–Crippen MR) is 174 cm³/mol. The minimum Gasteiger partial charge on any atom is -0.334 e. The zero-order valence-corrected chi connectivity index (χ0v) is 25.4. The molecule has 0 saturated carbocycles. The summed E-state index contributed by atoms with van der Waals surface area (Å²) in [6.45, 7) is 4.84. The Morgan fingerprint density at radius 3 is 2.80 bits per heavy atom. The molecular formula is C33H34N8O3S. The van der Waals surface area contributed by atoms with Crippen molar-refractivity contribution in [3.63, 3.8) is 0 Å². The van der Waals surface area contributed by atoms with Gasteiger partial charge in [-0.2, -0.15) is 5.10 Å². The standard InChI is InChI=1S/C33H34N8O3S/c1-2-13-34-18-30(42)41-27(15-23-11-12-26-25(14-23)17-37-39-26)32(43)40(19-24-9-6-10-28-31(24)36-21-45-28)20-29(41)38-33(44)35-16-22-7-4-3-5-8-22/h2-12,14,17,21,27,29,34H,1,13,15-16,18-20H2,(H,37,39)(H2,35,38,44)/t27-,29+/m0/s1. The number of rotatable bonds is 11. The van der Waals surface area contributed by atoms with E-state index in [-0.39, 0.29) is 37.9 Å². The number of thiazole rings is 1. The summed E-state index contributed by atoms with van der Waals surface area (Å²) in [6.07, 6.45) is 2.87. The van der Waals surface area contributed by atoms with E-state index in [9.17, 15) is 14.4 Å². The van der Waals surface area contributed by atoms with Crippen LogP contribution in [0.2, 0.25) is 0 Å². The number of hydrogen-bond acceptors (Lipinski definition) is 7. The van der Waals surface area contributed by atoms with Crippen LogP contribution in [0.3, 0.4) is 0 Å². The minimum absolute atomic E-state index is 0.0154. The highest BCUT2D eigenvalue weighted by atomic mass is 32.1. The number of aromatic nitrogens is 3. The molecule has 0 aliphatic carbocycles. The number of nitrogens with zero attached hydrogens (tertiary/aromatic N) is 4. The van der Waals surface area contributed by atoms with Gasteiger partial charge in [0, 0.05) is 31.4 Å². The first-order chi connectivity index (χ1) is 22.0. The first kappa shape index (κ1) is 30.0. The molecule has 6 rings (SSSR count). The Morgan fingerprint density at radius 1 is 1.09 bits per heavy atom. The van der Waals surface area contributed by atoms with E-state index in [1.54, 1.807) is 34.0 Å². The van der Waals surface area contributed by atoms with Crippen LogP contribution in [0, 0.1) is 0 Å². The van der Waals surface area contributed by atoms with Gasteiger partial charge in [-0.15, -0.1) is 17.9 Å². The van der Waals surface area contributed by atoms with E-state index in [2.05, 4.69) is 37.7 Å². The number of benzene rings is 3. The average molecular weight is 623 g/mol. The van der Waals surface area contributed by atoms with E-state index in [1.807, 2.05) is 66.7 Å². The van der Waals surface area contributed by atoms with Gasteiger partial charge in [0.25, 0.3) is 0 Å². The number of piperazine rings is 1. The number of amides is 4. The fraction of sp³-hybridized carbons (Fsp3) is 0.242. The molecule has 1 aliphatic heterocycles. The molecular weight excluding hydrogens is 588 g/mol. The topological polar surface area (TPSA) is 135 Å². The third-order valence-corrected chi connectivity index (χ3v) is 8.64. The summed E-state index contributed by atoms with van der Waals surface area (Å²) in [4.78, 5) is 49.2. The van der Waals surface area contributed by atoms with Crippen LogP contribution in [0.4, 0.5) is 4.79 Å². The van der Waals surface area contributed by atoms with Crippen LogP contribution in [0.1, 0.15) is 16.7 Å². The second-order valence-electron chi connectivity index (χ2n) is 10.9. The first-order valence-electron chi connectivity index (χ1n) is 14.7.